The van der Waals surface area contributed by atoms with Crippen LogP contribution >= 0.6 is 0 Å². The molecule has 2 unspecified atom stereocenters. The highest BCUT2D eigenvalue weighted by molar-refractivity contribution is 5.44. The lowest BCUT2D eigenvalue weighted by Gasteiger charge is -2.43. The van der Waals surface area contributed by atoms with E-state index in [2.05, 4.69) is 43.1 Å². The molecule has 0 saturated heterocycles. The molecule has 0 amide bonds. The van der Waals surface area contributed by atoms with E-state index >= 15 is 0 Å². The van der Waals surface area contributed by atoms with Gasteiger partial charge >= 0.3 is 0 Å². The Labute approximate surface area is 111 Å². The molecule has 1 aromatic rings. The molecule has 102 valence electrons. The van der Waals surface area contributed by atoms with Crippen LogP contribution in [0.2, 0.25) is 0 Å². The van der Waals surface area contributed by atoms with E-state index in [1.54, 1.807) is 6.20 Å². The van der Waals surface area contributed by atoms with Crippen LogP contribution in [0.15, 0.2) is 18.5 Å². The molecule has 0 aliphatic heterocycles. The van der Waals surface area contributed by atoms with Crippen molar-refractivity contribution in [1.82, 2.24) is 15.2 Å². The summed E-state index contributed by atoms with van der Waals surface area (Å²) >= 11 is 0. The van der Waals surface area contributed by atoms with Crippen LogP contribution in [0.1, 0.15) is 25.8 Å². The third-order valence-electron chi connectivity index (χ3n) is 4.20. The number of rotatable bonds is 6. The maximum absolute atomic E-state index is 6.00. The fraction of sp³-hybridized carbons (Fsp3) is 0.643. The van der Waals surface area contributed by atoms with Crippen LogP contribution in [0.25, 0.3) is 0 Å². The summed E-state index contributed by atoms with van der Waals surface area (Å²) in [4.78, 5) is 6.44. The van der Waals surface area contributed by atoms with Crippen molar-refractivity contribution >= 4 is 5.69 Å². The molecule has 1 rings (SSSR count). The zero-order valence-electron chi connectivity index (χ0n) is 12.2. The molecule has 0 spiro atoms. The van der Waals surface area contributed by atoms with Crippen molar-refractivity contribution in [2.75, 3.05) is 26.9 Å². The minimum atomic E-state index is 0.0943. The summed E-state index contributed by atoms with van der Waals surface area (Å²) in [5.41, 5.74) is 8.03. The fourth-order valence-corrected chi connectivity index (χ4v) is 2.34. The molecule has 0 bridgehead atoms. The van der Waals surface area contributed by atoms with E-state index in [1.807, 2.05) is 19.3 Å². The molecule has 2 atom stereocenters. The number of anilines is 1. The highest BCUT2D eigenvalue weighted by Crippen LogP contribution is 2.25. The number of nitrogens with two attached hydrogens (primary N) is 1. The fourth-order valence-electron chi connectivity index (χ4n) is 2.34. The molecule has 0 aliphatic carbocycles. The van der Waals surface area contributed by atoms with Crippen LogP contribution in [0.4, 0.5) is 5.69 Å². The van der Waals surface area contributed by atoms with Gasteiger partial charge in [-0.25, -0.2) is 0 Å². The van der Waals surface area contributed by atoms with E-state index < -0.39 is 0 Å². The van der Waals surface area contributed by atoms with E-state index in [-0.39, 0.29) is 5.54 Å². The zero-order chi connectivity index (χ0) is 13.8. The van der Waals surface area contributed by atoms with Gasteiger partial charge in [-0.1, -0.05) is 6.92 Å². The largest absolute Gasteiger partial charge is 0.398 e. The standard InChI is InChI=1S/C14H26N4/c1-6-14(2,18(4)5)13(16-3)9-11-10-17-8-7-12(11)15/h7-8,10,13,16H,6,9H2,1-5H3,(H2,15,17). The van der Waals surface area contributed by atoms with Crippen molar-refractivity contribution in [2.24, 2.45) is 0 Å². The summed E-state index contributed by atoms with van der Waals surface area (Å²) in [6.45, 7) is 4.50. The SMILES string of the molecule is CCC(C)(C(Cc1cnccc1N)NC)N(C)C. The Bertz CT molecular complexity index is 378. The molecule has 0 fully saturated rings. The highest BCUT2D eigenvalue weighted by atomic mass is 15.2. The van der Waals surface area contributed by atoms with Crippen molar-refractivity contribution in [1.29, 1.82) is 0 Å². The van der Waals surface area contributed by atoms with Gasteiger partial charge in [-0.05, 0) is 52.5 Å². The number of nitrogen functional groups attached to an aromatic ring is 1. The number of hydrogen-bond donors (Lipinski definition) is 2. The van der Waals surface area contributed by atoms with Gasteiger partial charge in [-0.3, -0.25) is 4.98 Å². The molecule has 1 aromatic heterocycles. The quantitative estimate of drug-likeness (QED) is 0.804. The van der Waals surface area contributed by atoms with Gasteiger partial charge in [0.15, 0.2) is 0 Å². The first-order valence-electron chi connectivity index (χ1n) is 6.48. The van der Waals surface area contributed by atoms with Gasteiger partial charge in [-0.2, -0.15) is 0 Å². The number of aromatic nitrogens is 1. The summed E-state index contributed by atoms with van der Waals surface area (Å²) < 4.78 is 0. The molecule has 3 N–H and O–H groups in total. The van der Waals surface area contributed by atoms with Crippen molar-refractivity contribution in [3.63, 3.8) is 0 Å². The average molecular weight is 250 g/mol. The van der Waals surface area contributed by atoms with Gasteiger partial charge in [0.05, 0.1) is 0 Å². The molecular weight excluding hydrogens is 224 g/mol. The summed E-state index contributed by atoms with van der Waals surface area (Å²) in [7, 11) is 6.26. The maximum atomic E-state index is 6.00. The second kappa shape index (κ2) is 6.16. The second-order valence-corrected chi connectivity index (χ2v) is 5.23. The predicted octanol–water partition coefficient (Wildman–Crippen LogP) is 1.52. The van der Waals surface area contributed by atoms with Crippen molar-refractivity contribution in [3.8, 4) is 0 Å². The lowest BCUT2D eigenvalue weighted by molar-refractivity contribution is 0.116. The molecule has 0 aliphatic rings. The average Bonchev–Trinajstić information content (AvgIpc) is 2.36. The number of nitrogens with one attached hydrogen (secondary N) is 1. The highest BCUT2D eigenvalue weighted by Gasteiger charge is 2.33. The van der Waals surface area contributed by atoms with E-state index in [9.17, 15) is 0 Å². The maximum Gasteiger partial charge on any atom is 0.0378 e. The Morgan fingerprint density at radius 3 is 2.61 bits per heavy atom. The van der Waals surface area contributed by atoms with Crippen LogP contribution in [-0.2, 0) is 6.42 Å². The van der Waals surface area contributed by atoms with Gasteiger partial charge in [0.25, 0.3) is 0 Å². The number of hydrogen-bond acceptors (Lipinski definition) is 4. The minimum absolute atomic E-state index is 0.0943. The van der Waals surface area contributed by atoms with E-state index in [1.165, 1.54) is 0 Å². The molecular formula is C14H26N4. The molecule has 0 aromatic carbocycles. The van der Waals surface area contributed by atoms with Gasteiger partial charge in [0, 0.05) is 29.7 Å². The van der Waals surface area contributed by atoms with Crippen molar-refractivity contribution < 1.29 is 0 Å². The van der Waals surface area contributed by atoms with E-state index in [0.717, 1.165) is 24.1 Å². The first-order valence-corrected chi connectivity index (χ1v) is 6.48. The lowest BCUT2D eigenvalue weighted by Crippen LogP contribution is -2.57. The Morgan fingerprint density at radius 1 is 1.50 bits per heavy atom. The minimum Gasteiger partial charge on any atom is -0.398 e. The van der Waals surface area contributed by atoms with Crippen molar-refractivity contribution in [3.05, 3.63) is 24.0 Å². The number of nitrogens with zero attached hydrogens (tertiary/aromatic N) is 2. The molecule has 0 radical (unpaired) electrons. The van der Waals surface area contributed by atoms with Crippen LogP contribution in [0, 0.1) is 0 Å². The van der Waals surface area contributed by atoms with E-state index in [4.69, 9.17) is 5.73 Å². The third kappa shape index (κ3) is 3.00. The Balaban J connectivity index is 2.94. The van der Waals surface area contributed by atoms with Gasteiger partial charge in [0.2, 0.25) is 0 Å². The topological polar surface area (TPSA) is 54.2 Å². The van der Waals surface area contributed by atoms with Gasteiger partial charge < -0.3 is 16.0 Å². The van der Waals surface area contributed by atoms with Gasteiger partial charge in [-0.15, -0.1) is 0 Å². The zero-order valence-corrected chi connectivity index (χ0v) is 12.2. The van der Waals surface area contributed by atoms with Crippen LogP contribution < -0.4 is 11.1 Å². The molecule has 1 heterocycles. The second-order valence-electron chi connectivity index (χ2n) is 5.23. The van der Waals surface area contributed by atoms with Crippen LogP contribution in [0.5, 0.6) is 0 Å². The normalized spacial score (nSPS) is 16.6. The van der Waals surface area contributed by atoms with Crippen LogP contribution in [0.3, 0.4) is 0 Å². The molecule has 18 heavy (non-hydrogen) atoms. The predicted molar refractivity (Wildman–Crippen MR) is 77.6 cm³/mol. The van der Waals surface area contributed by atoms with Crippen LogP contribution in [-0.4, -0.2) is 42.6 Å². The number of pyridine rings is 1. The van der Waals surface area contributed by atoms with Crippen molar-refractivity contribution in [2.45, 2.75) is 38.3 Å². The smallest absolute Gasteiger partial charge is 0.0378 e. The molecule has 4 nitrogen and oxygen atoms in total. The first-order chi connectivity index (χ1) is 8.45. The Hall–Kier alpha value is -1.13. The monoisotopic (exact) mass is 250 g/mol. The van der Waals surface area contributed by atoms with Gasteiger partial charge in [0.1, 0.15) is 0 Å². The summed E-state index contributed by atoms with van der Waals surface area (Å²) in [6, 6.07) is 2.20. The number of likely N-dealkylation sites (N-methyl/N-ethyl adjacent to an activating group) is 2. The van der Waals surface area contributed by atoms with E-state index in [0.29, 0.717) is 6.04 Å². The summed E-state index contributed by atoms with van der Waals surface area (Å²) in [5.74, 6) is 0. The lowest BCUT2D eigenvalue weighted by atomic mass is 9.84. The third-order valence-corrected chi connectivity index (χ3v) is 4.20. The Morgan fingerprint density at radius 2 is 2.17 bits per heavy atom. The molecule has 4 heteroatoms. The first kappa shape index (κ1) is 14.9. The molecule has 0 saturated carbocycles. The summed E-state index contributed by atoms with van der Waals surface area (Å²) in [5, 5.41) is 3.43. The Kier molecular flexibility index (Phi) is 5.11. The summed E-state index contributed by atoms with van der Waals surface area (Å²) in [6.07, 6.45) is 5.56.